The first-order valence-corrected chi connectivity index (χ1v) is 10.7. The monoisotopic (exact) mass is 392 g/mol. The molecule has 1 aromatic heterocycles. The summed E-state index contributed by atoms with van der Waals surface area (Å²) < 4.78 is 7.34. The van der Waals surface area contributed by atoms with E-state index in [-0.39, 0.29) is 6.03 Å². The number of ether oxygens (including phenoxy) is 1. The van der Waals surface area contributed by atoms with Crippen LogP contribution in [0.1, 0.15) is 26.7 Å². The maximum atomic E-state index is 12.8. The van der Waals surface area contributed by atoms with Crippen molar-refractivity contribution in [1.29, 1.82) is 0 Å². The molecule has 8 heteroatoms. The Morgan fingerprint density at radius 1 is 1.14 bits per heavy atom. The zero-order valence-corrected chi connectivity index (χ0v) is 17.6. The van der Waals surface area contributed by atoms with E-state index in [2.05, 4.69) is 34.1 Å². The smallest absolute Gasteiger partial charge is 0.317 e. The van der Waals surface area contributed by atoms with Crippen LogP contribution in [0.25, 0.3) is 0 Å². The van der Waals surface area contributed by atoms with Gasteiger partial charge in [0.15, 0.2) is 0 Å². The number of hydrogen-bond donors (Lipinski definition) is 1. The Morgan fingerprint density at radius 3 is 2.39 bits per heavy atom. The zero-order valence-electron chi connectivity index (χ0n) is 17.6. The average Bonchev–Trinajstić information content (AvgIpc) is 3.18. The summed E-state index contributed by atoms with van der Waals surface area (Å²) in [5, 5.41) is 7.47. The van der Waals surface area contributed by atoms with Gasteiger partial charge in [-0.3, -0.25) is 9.58 Å². The third-order valence-electron chi connectivity index (χ3n) is 6.19. The van der Waals surface area contributed by atoms with E-state index in [1.807, 2.05) is 29.0 Å². The number of carbonyl (C=O) groups is 1. The molecule has 0 saturated carbocycles. The lowest BCUT2D eigenvalue weighted by molar-refractivity contribution is 0.00210. The molecule has 2 amide bonds. The van der Waals surface area contributed by atoms with Crippen LogP contribution in [0.5, 0.6) is 0 Å². The number of carbonyl (C=O) groups excluding carboxylic acids is 1. The Kier molecular flexibility index (Phi) is 7.56. The van der Waals surface area contributed by atoms with Crippen molar-refractivity contribution in [2.45, 2.75) is 32.7 Å². The van der Waals surface area contributed by atoms with Crippen LogP contribution in [-0.4, -0.2) is 90.7 Å². The standard InChI is InChI=1S/C20H36N6O2/c1-4-17(5-2)19(25-10-12-28-13-11-25)15-21-20(27)26-8-6-24(7-9-26)18-14-22-23(3)16-18/h14,16-17,19H,4-13,15H2,1-3H3,(H,21,27). The van der Waals surface area contributed by atoms with Crippen LogP contribution in [-0.2, 0) is 11.8 Å². The lowest BCUT2D eigenvalue weighted by Crippen LogP contribution is -2.56. The van der Waals surface area contributed by atoms with Gasteiger partial charge in [0, 0.05) is 65.1 Å². The van der Waals surface area contributed by atoms with Crippen LogP contribution < -0.4 is 10.2 Å². The molecule has 1 aromatic rings. The lowest BCUT2D eigenvalue weighted by Gasteiger charge is -2.40. The average molecular weight is 393 g/mol. The molecule has 0 bridgehead atoms. The molecule has 2 aliphatic rings. The fraction of sp³-hybridized carbons (Fsp3) is 0.800. The molecule has 0 aliphatic carbocycles. The highest BCUT2D eigenvalue weighted by molar-refractivity contribution is 5.74. The Balaban J connectivity index is 1.50. The minimum Gasteiger partial charge on any atom is -0.379 e. The third kappa shape index (κ3) is 5.17. The number of rotatable bonds is 7. The number of aryl methyl sites for hydroxylation is 1. The van der Waals surface area contributed by atoms with E-state index in [9.17, 15) is 4.79 Å². The molecular formula is C20H36N6O2. The quantitative estimate of drug-likeness (QED) is 0.760. The summed E-state index contributed by atoms with van der Waals surface area (Å²) in [6.07, 6.45) is 6.19. The van der Waals surface area contributed by atoms with Gasteiger partial charge in [-0.15, -0.1) is 0 Å². The first-order valence-electron chi connectivity index (χ1n) is 10.7. The summed E-state index contributed by atoms with van der Waals surface area (Å²) >= 11 is 0. The Labute approximate surface area is 168 Å². The van der Waals surface area contributed by atoms with Crippen LogP contribution in [0.4, 0.5) is 10.5 Å². The van der Waals surface area contributed by atoms with Gasteiger partial charge in [-0.2, -0.15) is 5.10 Å². The number of amides is 2. The van der Waals surface area contributed by atoms with Gasteiger partial charge in [-0.25, -0.2) is 4.79 Å². The number of nitrogens with one attached hydrogen (secondary N) is 1. The number of aromatic nitrogens is 2. The molecule has 3 heterocycles. The summed E-state index contributed by atoms with van der Waals surface area (Å²) in [6.45, 7) is 11.9. The van der Waals surface area contributed by atoms with Crippen molar-refractivity contribution in [3.8, 4) is 0 Å². The second kappa shape index (κ2) is 10.1. The summed E-state index contributed by atoms with van der Waals surface area (Å²) in [6, 6.07) is 0.453. The summed E-state index contributed by atoms with van der Waals surface area (Å²) in [5.74, 6) is 0.598. The van der Waals surface area contributed by atoms with E-state index in [0.717, 1.165) is 71.0 Å². The van der Waals surface area contributed by atoms with Crippen molar-refractivity contribution < 1.29 is 9.53 Å². The molecule has 1 atom stereocenters. The fourth-order valence-corrected chi connectivity index (χ4v) is 4.38. The van der Waals surface area contributed by atoms with Crippen LogP contribution in [0, 0.1) is 5.92 Å². The highest BCUT2D eigenvalue weighted by Crippen LogP contribution is 2.20. The van der Waals surface area contributed by atoms with E-state index in [0.29, 0.717) is 18.5 Å². The Morgan fingerprint density at radius 2 is 1.82 bits per heavy atom. The van der Waals surface area contributed by atoms with Crippen molar-refractivity contribution in [2.75, 3.05) is 63.9 Å². The molecule has 28 heavy (non-hydrogen) atoms. The molecule has 2 fully saturated rings. The summed E-state index contributed by atoms with van der Waals surface area (Å²) in [4.78, 5) is 19.5. The third-order valence-corrected chi connectivity index (χ3v) is 6.19. The van der Waals surface area contributed by atoms with Crippen LogP contribution in [0.3, 0.4) is 0 Å². The molecule has 2 aliphatic heterocycles. The van der Waals surface area contributed by atoms with Crippen LogP contribution >= 0.6 is 0 Å². The maximum absolute atomic E-state index is 12.8. The SMILES string of the molecule is CCC(CC)C(CNC(=O)N1CCN(c2cnn(C)c2)CC1)N1CCOCC1. The largest absolute Gasteiger partial charge is 0.379 e. The molecule has 0 radical (unpaired) electrons. The maximum Gasteiger partial charge on any atom is 0.317 e. The molecule has 3 rings (SSSR count). The van der Waals surface area contributed by atoms with Crippen LogP contribution in [0.2, 0.25) is 0 Å². The van der Waals surface area contributed by atoms with Gasteiger partial charge >= 0.3 is 6.03 Å². The lowest BCUT2D eigenvalue weighted by atomic mass is 9.92. The molecule has 0 aromatic carbocycles. The van der Waals surface area contributed by atoms with Gasteiger partial charge in [0.1, 0.15) is 0 Å². The van der Waals surface area contributed by atoms with Crippen molar-refractivity contribution in [3.05, 3.63) is 12.4 Å². The van der Waals surface area contributed by atoms with Crippen molar-refractivity contribution >= 4 is 11.7 Å². The van der Waals surface area contributed by atoms with Gasteiger partial charge in [-0.05, 0) is 5.92 Å². The molecule has 8 nitrogen and oxygen atoms in total. The molecule has 1 unspecified atom stereocenters. The predicted octanol–water partition coefficient (Wildman–Crippen LogP) is 1.39. The highest BCUT2D eigenvalue weighted by Gasteiger charge is 2.28. The van der Waals surface area contributed by atoms with Crippen molar-refractivity contribution in [1.82, 2.24) is 24.9 Å². The number of nitrogens with zero attached hydrogens (tertiary/aromatic N) is 5. The van der Waals surface area contributed by atoms with E-state index < -0.39 is 0 Å². The first-order chi connectivity index (χ1) is 13.6. The van der Waals surface area contributed by atoms with E-state index >= 15 is 0 Å². The topological polar surface area (TPSA) is 65.9 Å². The first kappa shape index (κ1) is 20.9. The van der Waals surface area contributed by atoms with E-state index in [1.54, 1.807) is 0 Å². The minimum atomic E-state index is 0.0649. The van der Waals surface area contributed by atoms with Crippen LogP contribution in [0.15, 0.2) is 12.4 Å². The van der Waals surface area contributed by atoms with Gasteiger partial charge in [0.05, 0.1) is 25.1 Å². The fourth-order valence-electron chi connectivity index (χ4n) is 4.38. The molecular weight excluding hydrogens is 356 g/mol. The Bertz CT molecular complexity index is 604. The molecule has 0 spiro atoms. The number of morpholine rings is 1. The number of urea groups is 1. The van der Waals surface area contributed by atoms with E-state index in [4.69, 9.17) is 4.74 Å². The summed E-state index contributed by atoms with van der Waals surface area (Å²) in [5.41, 5.74) is 1.13. The predicted molar refractivity (Wildman–Crippen MR) is 111 cm³/mol. The Hall–Kier alpha value is -1.80. The molecule has 2 saturated heterocycles. The zero-order chi connectivity index (χ0) is 19.9. The van der Waals surface area contributed by atoms with Crippen molar-refractivity contribution in [3.63, 3.8) is 0 Å². The number of hydrogen-bond acceptors (Lipinski definition) is 5. The van der Waals surface area contributed by atoms with E-state index in [1.165, 1.54) is 0 Å². The second-order valence-corrected chi connectivity index (χ2v) is 7.82. The van der Waals surface area contributed by atoms with Gasteiger partial charge < -0.3 is 19.9 Å². The van der Waals surface area contributed by atoms with Gasteiger partial charge in [0.2, 0.25) is 0 Å². The molecule has 158 valence electrons. The summed E-state index contributed by atoms with van der Waals surface area (Å²) in [7, 11) is 1.93. The highest BCUT2D eigenvalue weighted by atomic mass is 16.5. The number of piperazine rings is 1. The van der Waals surface area contributed by atoms with Gasteiger partial charge in [-0.1, -0.05) is 26.7 Å². The van der Waals surface area contributed by atoms with Crippen molar-refractivity contribution in [2.24, 2.45) is 13.0 Å². The molecule has 1 N–H and O–H groups in total. The van der Waals surface area contributed by atoms with Gasteiger partial charge in [0.25, 0.3) is 0 Å². The minimum absolute atomic E-state index is 0.0649. The number of anilines is 1. The normalized spacial score (nSPS) is 19.9. The second-order valence-electron chi connectivity index (χ2n) is 7.82.